The lowest BCUT2D eigenvalue weighted by Crippen LogP contribution is -2.10. The summed E-state index contributed by atoms with van der Waals surface area (Å²) in [6.07, 6.45) is -9.38. The predicted molar refractivity (Wildman–Crippen MR) is 156 cm³/mol. The predicted octanol–water partition coefficient (Wildman–Crippen LogP) is 9.84. The number of pyridine rings is 2. The molecule has 0 aliphatic carbocycles. The van der Waals surface area contributed by atoms with E-state index in [1.807, 2.05) is 0 Å². The van der Waals surface area contributed by atoms with Crippen LogP contribution in [0.25, 0.3) is 55.2 Å². The second kappa shape index (κ2) is 10.9. The van der Waals surface area contributed by atoms with Gasteiger partial charge in [-0.2, -0.15) is 26.3 Å². The van der Waals surface area contributed by atoms with Crippen molar-refractivity contribution in [3.05, 3.63) is 108 Å². The lowest BCUT2D eigenvalue weighted by molar-refractivity contribution is -0.141. The van der Waals surface area contributed by atoms with Crippen LogP contribution in [0.2, 0.25) is 0 Å². The molecule has 44 heavy (non-hydrogen) atoms. The highest BCUT2D eigenvalue weighted by Crippen LogP contribution is 2.41. The van der Waals surface area contributed by atoms with Gasteiger partial charge in [0.2, 0.25) is 0 Å². The number of methoxy groups -OCH3 is 2. The maximum Gasteiger partial charge on any atom is 0.433 e. The summed E-state index contributed by atoms with van der Waals surface area (Å²) in [5, 5.41) is 0.928. The van der Waals surface area contributed by atoms with Crippen LogP contribution in [0.3, 0.4) is 0 Å². The second-order valence-corrected chi connectivity index (χ2v) is 10.0. The van der Waals surface area contributed by atoms with Crippen LogP contribution >= 0.6 is 0 Å². The van der Waals surface area contributed by atoms with Gasteiger partial charge in [-0.05, 0) is 82.9 Å². The molecule has 0 saturated heterocycles. The van der Waals surface area contributed by atoms with E-state index < -0.39 is 23.7 Å². The fourth-order valence-corrected chi connectivity index (χ4v) is 5.13. The lowest BCUT2D eigenvalue weighted by Gasteiger charge is -2.15. The number of fused-ring (bicyclic) bond motifs is 2. The maximum atomic E-state index is 14.0. The van der Waals surface area contributed by atoms with Crippen molar-refractivity contribution in [2.45, 2.75) is 12.4 Å². The van der Waals surface area contributed by atoms with E-state index in [0.717, 1.165) is 0 Å². The van der Waals surface area contributed by atoms with Gasteiger partial charge in [0.05, 0.1) is 25.3 Å². The second-order valence-electron chi connectivity index (χ2n) is 10.0. The molecule has 222 valence electrons. The van der Waals surface area contributed by atoms with E-state index in [0.29, 0.717) is 44.5 Å². The molecular weight excluding hydrogens is 582 g/mol. The Morgan fingerprint density at radius 2 is 0.795 bits per heavy atom. The number of nitrogens with zero attached hydrogens (tertiary/aromatic N) is 2. The van der Waals surface area contributed by atoms with Gasteiger partial charge in [0.25, 0.3) is 0 Å². The van der Waals surface area contributed by atoms with E-state index in [4.69, 9.17) is 9.47 Å². The third-order valence-corrected chi connectivity index (χ3v) is 7.30. The average Bonchev–Trinajstić information content (AvgIpc) is 3.02. The molecule has 10 heteroatoms. The van der Waals surface area contributed by atoms with E-state index in [1.54, 1.807) is 48.5 Å². The highest BCUT2D eigenvalue weighted by Gasteiger charge is 2.37. The summed E-state index contributed by atoms with van der Waals surface area (Å²) in [5.41, 5.74) is 0.0439. The van der Waals surface area contributed by atoms with Gasteiger partial charge in [-0.25, -0.2) is 9.97 Å². The molecular formula is C34H22F6N2O2. The van der Waals surface area contributed by atoms with Crippen LogP contribution in [0.5, 0.6) is 11.5 Å². The third-order valence-electron chi connectivity index (χ3n) is 7.30. The molecule has 2 aromatic heterocycles. The molecule has 0 fully saturated rings. The summed E-state index contributed by atoms with van der Waals surface area (Å²) in [4.78, 5) is 7.92. The molecule has 0 bridgehead atoms. The number of alkyl halides is 6. The normalized spacial score (nSPS) is 12.1. The maximum absolute atomic E-state index is 14.0. The summed E-state index contributed by atoms with van der Waals surface area (Å²) in [6, 6.07) is 25.0. The Hall–Kier alpha value is -5.12. The quantitative estimate of drug-likeness (QED) is 0.184. The number of aromatic nitrogens is 2. The van der Waals surface area contributed by atoms with E-state index in [1.165, 1.54) is 62.8 Å². The molecule has 0 aliphatic heterocycles. The molecule has 6 rings (SSSR count). The van der Waals surface area contributed by atoms with Gasteiger partial charge in [0, 0.05) is 21.9 Å². The van der Waals surface area contributed by atoms with Gasteiger partial charge in [0.15, 0.2) is 11.4 Å². The van der Waals surface area contributed by atoms with Crippen LogP contribution in [0.4, 0.5) is 26.3 Å². The van der Waals surface area contributed by atoms with E-state index in [-0.39, 0.29) is 22.2 Å². The number of ether oxygens (including phenoxy) is 2. The van der Waals surface area contributed by atoms with E-state index in [9.17, 15) is 26.3 Å². The summed E-state index contributed by atoms with van der Waals surface area (Å²) in [7, 11) is 2.93. The molecule has 0 unspecified atom stereocenters. The first-order valence-electron chi connectivity index (χ1n) is 13.3. The SMILES string of the molecule is COc1ccc(-c2cc3cc(-c4ccc5nc(C(F)(F)F)c(-c6ccc(OC)cc6)cc5c4)ccc3nc2C(F)(F)F)cc1. The minimum absolute atomic E-state index is 0.0867. The van der Waals surface area contributed by atoms with Crippen LogP contribution in [0.1, 0.15) is 11.4 Å². The molecule has 0 aliphatic rings. The largest absolute Gasteiger partial charge is 0.497 e. The first kappa shape index (κ1) is 29.0. The van der Waals surface area contributed by atoms with Crippen molar-refractivity contribution in [2.75, 3.05) is 14.2 Å². The Kier molecular flexibility index (Phi) is 7.15. The Bertz CT molecular complexity index is 1860. The lowest BCUT2D eigenvalue weighted by atomic mass is 9.96. The van der Waals surface area contributed by atoms with Crippen LogP contribution in [-0.2, 0) is 12.4 Å². The number of rotatable bonds is 5. The molecule has 0 saturated carbocycles. The van der Waals surface area contributed by atoms with Crippen molar-refractivity contribution >= 4 is 21.8 Å². The van der Waals surface area contributed by atoms with Gasteiger partial charge in [-0.3, -0.25) is 0 Å². The van der Waals surface area contributed by atoms with Crippen molar-refractivity contribution < 1.29 is 35.8 Å². The van der Waals surface area contributed by atoms with Crippen molar-refractivity contribution in [3.8, 4) is 44.9 Å². The topological polar surface area (TPSA) is 44.2 Å². The van der Waals surface area contributed by atoms with Gasteiger partial charge in [-0.1, -0.05) is 36.4 Å². The molecule has 4 nitrogen and oxygen atoms in total. The zero-order chi connectivity index (χ0) is 31.2. The summed E-state index contributed by atoms with van der Waals surface area (Å²) < 4.78 is 94.4. The number of benzene rings is 4. The molecule has 6 aromatic rings. The Labute approximate surface area is 247 Å². The minimum Gasteiger partial charge on any atom is -0.497 e. The van der Waals surface area contributed by atoms with Crippen LogP contribution in [-0.4, -0.2) is 24.2 Å². The first-order chi connectivity index (χ1) is 20.9. The molecule has 0 radical (unpaired) electrons. The number of hydrogen-bond donors (Lipinski definition) is 0. The highest BCUT2D eigenvalue weighted by molar-refractivity contribution is 5.92. The molecule has 0 spiro atoms. The van der Waals surface area contributed by atoms with Crippen molar-refractivity contribution in [1.29, 1.82) is 0 Å². The Balaban J connectivity index is 1.48. The number of halogens is 6. The molecule has 2 heterocycles. The monoisotopic (exact) mass is 604 g/mol. The summed E-state index contributed by atoms with van der Waals surface area (Å²) in [6.45, 7) is 0. The minimum atomic E-state index is -4.69. The van der Waals surface area contributed by atoms with Gasteiger partial charge >= 0.3 is 12.4 Å². The average molecular weight is 605 g/mol. The summed E-state index contributed by atoms with van der Waals surface area (Å²) in [5.74, 6) is 1.00. The fourth-order valence-electron chi connectivity index (χ4n) is 5.13. The molecule has 4 aromatic carbocycles. The van der Waals surface area contributed by atoms with Gasteiger partial charge in [0.1, 0.15) is 11.5 Å². The standard InChI is InChI=1S/C34H22F6N2O2/c1-43-25-9-3-19(4-10-25)27-17-23-15-21(7-13-29(23)41-31(27)33(35,36)37)22-8-14-30-24(16-22)18-28(32(42-30)34(38,39)40)20-5-11-26(44-2)12-6-20/h3-18H,1-2H3. The van der Waals surface area contributed by atoms with Crippen molar-refractivity contribution in [3.63, 3.8) is 0 Å². The molecule has 0 N–H and O–H groups in total. The Morgan fingerprint density at radius 1 is 0.455 bits per heavy atom. The van der Waals surface area contributed by atoms with E-state index >= 15 is 0 Å². The Morgan fingerprint density at radius 3 is 1.11 bits per heavy atom. The molecule has 0 atom stereocenters. The van der Waals surface area contributed by atoms with Crippen LogP contribution in [0, 0.1) is 0 Å². The van der Waals surface area contributed by atoms with Crippen LogP contribution < -0.4 is 9.47 Å². The van der Waals surface area contributed by atoms with Crippen molar-refractivity contribution in [1.82, 2.24) is 9.97 Å². The van der Waals surface area contributed by atoms with Crippen LogP contribution in [0.15, 0.2) is 97.1 Å². The van der Waals surface area contributed by atoms with Gasteiger partial charge < -0.3 is 9.47 Å². The van der Waals surface area contributed by atoms with Gasteiger partial charge in [-0.15, -0.1) is 0 Å². The summed E-state index contributed by atoms with van der Waals surface area (Å²) >= 11 is 0. The highest BCUT2D eigenvalue weighted by atomic mass is 19.4. The smallest absolute Gasteiger partial charge is 0.433 e. The van der Waals surface area contributed by atoms with E-state index in [2.05, 4.69) is 9.97 Å². The van der Waals surface area contributed by atoms with Crippen molar-refractivity contribution in [2.24, 2.45) is 0 Å². The zero-order valence-electron chi connectivity index (χ0n) is 23.2. The zero-order valence-corrected chi connectivity index (χ0v) is 23.2. The molecule has 0 amide bonds. The first-order valence-corrected chi connectivity index (χ1v) is 13.3. The number of hydrogen-bond acceptors (Lipinski definition) is 4. The fraction of sp³-hybridized carbons (Fsp3) is 0.118. The third kappa shape index (κ3) is 5.50.